The van der Waals surface area contributed by atoms with Gasteiger partial charge in [-0.2, -0.15) is 0 Å². The second kappa shape index (κ2) is 9.26. The quantitative estimate of drug-likeness (QED) is 0.228. The van der Waals surface area contributed by atoms with Gasteiger partial charge in [0.2, 0.25) is 0 Å². The minimum atomic E-state index is -0.628. The molecule has 170 valence electrons. The molecule has 1 amide bonds. The van der Waals surface area contributed by atoms with Gasteiger partial charge in [0, 0.05) is 23.2 Å². The number of fused-ring (bicyclic) bond motifs is 2. The van der Waals surface area contributed by atoms with Crippen LogP contribution in [-0.4, -0.2) is 30.0 Å². The van der Waals surface area contributed by atoms with Gasteiger partial charge in [-0.25, -0.2) is 9.78 Å². The number of carbonyl (C=O) groups excluding carboxylic acids is 2. The molecule has 0 saturated carbocycles. The standard InChI is InChI=1S/C26H17Cl3N2O3/c27-19-10-9-17(24(28)25(19)29)21-13-18(16-6-2-3-7-20(16)30-21)26(33)34-14-23(32)31-12-11-15-5-1-4-8-22(15)31/h1-10,13H,11-12,14H2. The molecule has 3 aromatic carbocycles. The van der Waals surface area contributed by atoms with Crippen molar-refractivity contribution in [1.82, 2.24) is 4.98 Å². The number of carbonyl (C=O) groups is 2. The highest BCUT2D eigenvalue weighted by Gasteiger charge is 2.26. The smallest absolute Gasteiger partial charge is 0.339 e. The number of anilines is 1. The van der Waals surface area contributed by atoms with Crippen LogP contribution in [0.25, 0.3) is 22.2 Å². The van der Waals surface area contributed by atoms with Crippen molar-refractivity contribution in [2.75, 3.05) is 18.1 Å². The highest BCUT2D eigenvalue weighted by atomic mass is 35.5. The number of aromatic nitrogens is 1. The van der Waals surface area contributed by atoms with Crippen LogP contribution in [0.2, 0.25) is 15.1 Å². The van der Waals surface area contributed by atoms with Gasteiger partial charge in [0.1, 0.15) is 0 Å². The summed E-state index contributed by atoms with van der Waals surface area (Å²) in [6.45, 7) is 0.195. The van der Waals surface area contributed by atoms with E-state index < -0.39 is 5.97 Å². The van der Waals surface area contributed by atoms with Crippen LogP contribution in [0.3, 0.4) is 0 Å². The van der Waals surface area contributed by atoms with E-state index in [1.54, 1.807) is 41.3 Å². The van der Waals surface area contributed by atoms with E-state index in [2.05, 4.69) is 4.98 Å². The topological polar surface area (TPSA) is 59.5 Å². The summed E-state index contributed by atoms with van der Waals surface area (Å²) in [5.41, 5.74) is 3.78. The molecule has 1 aliphatic rings. The Bertz CT molecular complexity index is 1450. The molecular formula is C26H17Cl3N2O3. The van der Waals surface area contributed by atoms with E-state index in [1.165, 1.54) is 0 Å². The summed E-state index contributed by atoms with van der Waals surface area (Å²) in [5, 5.41) is 1.36. The summed E-state index contributed by atoms with van der Waals surface area (Å²) in [6.07, 6.45) is 0.776. The van der Waals surface area contributed by atoms with Gasteiger partial charge < -0.3 is 9.64 Å². The lowest BCUT2D eigenvalue weighted by Crippen LogP contribution is -2.33. The Balaban J connectivity index is 1.44. The summed E-state index contributed by atoms with van der Waals surface area (Å²) in [5.74, 6) is -0.902. The third-order valence-corrected chi connectivity index (χ3v) is 7.06. The molecule has 4 aromatic rings. The summed E-state index contributed by atoms with van der Waals surface area (Å²) in [7, 11) is 0. The lowest BCUT2D eigenvalue weighted by molar-refractivity contribution is -0.121. The Hall–Kier alpha value is -3.12. The zero-order valence-electron chi connectivity index (χ0n) is 17.7. The van der Waals surface area contributed by atoms with Gasteiger partial charge in [-0.15, -0.1) is 0 Å². The molecule has 2 heterocycles. The molecule has 1 aliphatic heterocycles. The number of hydrogen-bond acceptors (Lipinski definition) is 4. The van der Waals surface area contributed by atoms with Crippen LogP contribution in [0.15, 0.2) is 66.7 Å². The number of nitrogens with zero attached hydrogens (tertiary/aromatic N) is 2. The molecule has 0 unspecified atom stereocenters. The van der Waals surface area contributed by atoms with Gasteiger partial charge in [-0.1, -0.05) is 71.2 Å². The van der Waals surface area contributed by atoms with Crippen molar-refractivity contribution < 1.29 is 14.3 Å². The second-order valence-electron chi connectivity index (χ2n) is 7.80. The van der Waals surface area contributed by atoms with Gasteiger partial charge >= 0.3 is 5.97 Å². The second-order valence-corrected chi connectivity index (χ2v) is 8.96. The SMILES string of the molecule is O=C(OCC(=O)N1CCc2ccccc21)c1cc(-c2ccc(Cl)c(Cl)c2Cl)nc2ccccc12. The molecule has 5 rings (SSSR count). The molecule has 0 fully saturated rings. The molecule has 5 nitrogen and oxygen atoms in total. The monoisotopic (exact) mass is 510 g/mol. The number of ether oxygens (including phenoxy) is 1. The molecule has 8 heteroatoms. The first-order valence-corrected chi connectivity index (χ1v) is 11.7. The van der Waals surface area contributed by atoms with Crippen molar-refractivity contribution in [2.45, 2.75) is 6.42 Å². The molecule has 34 heavy (non-hydrogen) atoms. The lowest BCUT2D eigenvalue weighted by atomic mass is 10.0. The van der Waals surface area contributed by atoms with E-state index in [0.717, 1.165) is 17.7 Å². The van der Waals surface area contributed by atoms with Gasteiger partial charge in [-0.3, -0.25) is 4.79 Å². The van der Waals surface area contributed by atoms with Crippen molar-refractivity contribution in [3.8, 4) is 11.3 Å². The highest BCUT2D eigenvalue weighted by molar-refractivity contribution is 6.49. The van der Waals surface area contributed by atoms with Gasteiger partial charge in [0.15, 0.2) is 6.61 Å². The maximum absolute atomic E-state index is 13.1. The number of rotatable bonds is 4. The average molecular weight is 512 g/mol. The Morgan fingerprint density at radius 3 is 2.56 bits per heavy atom. The van der Waals surface area contributed by atoms with E-state index in [1.807, 2.05) is 30.3 Å². The minimum absolute atomic E-state index is 0.205. The van der Waals surface area contributed by atoms with Gasteiger partial charge in [-0.05, 0) is 42.3 Å². The zero-order valence-corrected chi connectivity index (χ0v) is 20.0. The van der Waals surface area contributed by atoms with Crippen LogP contribution in [0.4, 0.5) is 5.69 Å². The van der Waals surface area contributed by atoms with Crippen LogP contribution >= 0.6 is 34.8 Å². The summed E-state index contributed by atoms with van der Waals surface area (Å²) in [4.78, 5) is 32.2. The van der Waals surface area contributed by atoms with Crippen molar-refractivity contribution in [1.29, 1.82) is 0 Å². The first kappa shape index (κ1) is 22.7. The van der Waals surface area contributed by atoms with E-state index in [9.17, 15) is 9.59 Å². The predicted octanol–water partition coefficient (Wildman–Crippen LogP) is 6.61. The van der Waals surface area contributed by atoms with E-state index in [-0.39, 0.29) is 28.1 Å². The molecule has 0 saturated heterocycles. The fourth-order valence-electron chi connectivity index (χ4n) is 4.09. The van der Waals surface area contributed by atoms with Crippen LogP contribution in [0, 0.1) is 0 Å². The Morgan fingerprint density at radius 2 is 1.71 bits per heavy atom. The molecule has 0 aliphatic carbocycles. The predicted molar refractivity (Wildman–Crippen MR) is 135 cm³/mol. The average Bonchev–Trinajstić information content (AvgIpc) is 3.29. The number of para-hydroxylation sites is 2. The summed E-state index contributed by atoms with van der Waals surface area (Å²) < 4.78 is 5.45. The molecule has 0 radical (unpaired) electrons. The van der Waals surface area contributed by atoms with E-state index >= 15 is 0 Å². The van der Waals surface area contributed by atoms with Crippen LogP contribution in [-0.2, 0) is 16.0 Å². The fourth-order valence-corrected chi connectivity index (χ4v) is 4.72. The van der Waals surface area contributed by atoms with Crippen molar-refractivity contribution in [2.24, 2.45) is 0 Å². The Morgan fingerprint density at radius 1 is 0.941 bits per heavy atom. The Labute approximate surface area is 210 Å². The molecule has 0 spiro atoms. The molecule has 0 N–H and O–H groups in total. The number of pyridine rings is 1. The molecule has 1 aromatic heterocycles. The fraction of sp³-hybridized carbons (Fsp3) is 0.115. The first-order valence-electron chi connectivity index (χ1n) is 10.5. The highest BCUT2D eigenvalue weighted by Crippen LogP contribution is 2.38. The number of halogens is 3. The third-order valence-electron chi connectivity index (χ3n) is 5.76. The van der Waals surface area contributed by atoms with Crippen LogP contribution < -0.4 is 4.90 Å². The van der Waals surface area contributed by atoms with Crippen molar-refractivity contribution in [3.63, 3.8) is 0 Å². The number of benzene rings is 3. The van der Waals surface area contributed by atoms with Crippen molar-refractivity contribution in [3.05, 3.63) is 92.9 Å². The number of amides is 1. The molecule has 0 atom stereocenters. The maximum atomic E-state index is 13.1. The maximum Gasteiger partial charge on any atom is 0.339 e. The summed E-state index contributed by atoms with van der Waals surface area (Å²) in [6, 6.07) is 19.8. The third kappa shape index (κ3) is 4.11. The zero-order chi connectivity index (χ0) is 23.8. The molecular weight excluding hydrogens is 495 g/mol. The Kier molecular flexibility index (Phi) is 6.17. The van der Waals surface area contributed by atoms with Crippen LogP contribution in [0.1, 0.15) is 15.9 Å². The number of esters is 1. The first-order chi connectivity index (χ1) is 16.4. The van der Waals surface area contributed by atoms with Crippen molar-refractivity contribution >= 4 is 63.3 Å². The van der Waals surface area contributed by atoms with E-state index in [0.29, 0.717) is 33.7 Å². The summed E-state index contributed by atoms with van der Waals surface area (Å²) >= 11 is 18.7. The van der Waals surface area contributed by atoms with E-state index in [4.69, 9.17) is 39.5 Å². The number of hydrogen-bond donors (Lipinski definition) is 0. The molecule has 0 bridgehead atoms. The minimum Gasteiger partial charge on any atom is -0.452 e. The normalized spacial score (nSPS) is 12.6. The lowest BCUT2D eigenvalue weighted by Gasteiger charge is -2.17. The van der Waals surface area contributed by atoms with Gasteiger partial charge in [0.05, 0.1) is 31.8 Å². The largest absolute Gasteiger partial charge is 0.452 e. The van der Waals surface area contributed by atoms with Crippen LogP contribution in [0.5, 0.6) is 0 Å². The van der Waals surface area contributed by atoms with Gasteiger partial charge in [0.25, 0.3) is 5.91 Å².